The van der Waals surface area contributed by atoms with Gasteiger partial charge in [-0.2, -0.15) is 0 Å². The van der Waals surface area contributed by atoms with Crippen molar-refractivity contribution in [1.29, 1.82) is 0 Å². The maximum absolute atomic E-state index is 13.4. The molecular formula is C16H22F2N4. The lowest BCUT2D eigenvalue weighted by Crippen LogP contribution is -2.37. The lowest BCUT2D eigenvalue weighted by atomic mass is 9.94. The van der Waals surface area contributed by atoms with E-state index < -0.39 is 17.2 Å². The quantitative estimate of drug-likeness (QED) is 0.890. The van der Waals surface area contributed by atoms with Crippen LogP contribution in [0.15, 0.2) is 18.2 Å². The van der Waals surface area contributed by atoms with E-state index in [-0.39, 0.29) is 0 Å². The van der Waals surface area contributed by atoms with Gasteiger partial charge in [-0.3, -0.25) is 0 Å². The Balaban J connectivity index is 2.14. The predicted molar refractivity (Wildman–Crippen MR) is 81.3 cm³/mol. The first-order valence-corrected chi connectivity index (χ1v) is 7.44. The van der Waals surface area contributed by atoms with Gasteiger partial charge in [0, 0.05) is 12.1 Å². The van der Waals surface area contributed by atoms with E-state index in [2.05, 4.69) is 27.0 Å². The molecule has 0 amide bonds. The normalized spacial score (nSPS) is 11.9. The Hall–Kier alpha value is -1.82. The second-order valence-corrected chi connectivity index (χ2v) is 5.92. The van der Waals surface area contributed by atoms with Gasteiger partial charge >= 0.3 is 0 Å². The summed E-state index contributed by atoms with van der Waals surface area (Å²) >= 11 is 0. The van der Waals surface area contributed by atoms with Crippen LogP contribution in [-0.4, -0.2) is 14.8 Å². The summed E-state index contributed by atoms with van der Waals surface area (Å²) in [5.41, 5.74) is 0.176. The molecule has 6 heteroatoms. The van der Waals surface area contributed by atoms with Gasteiger partial charge < -0.3 is 9.88 Å². The minimum absolute atomic E-state index is 0.507. The van der Waals surface area contributed by atoms with Crippen molar-refractivity contribution >= 4 is 0 Å². The summed E-state index contributed by atoms with van der Waals surface area (Å²) in [7, 11) is 0. The Kier molecular flexibility index (Phi) is 4.90. The average molecular weight is 308 g/mol. The molecule has 0 saturated heterocycles. The monoisotopic (exact) mass is 308 g/mol. The van der Waals surface area contributed by atoms with Crippen molar-refractivity contribution in [3.63, 3.8) is 0 Å². The molecular weight excluding hydrogens is 286 g/mol. The van der Waals surface area contributed by atoms with Gasteiger partial charge in [0.1, 0.15) is 11.6 Å². The standard InChI is InChI=1S/C16H22F2N4/c1-5-8-22-11(2)20-21-15(22)10-19-16(3,4)12-6-7-13(17)14(18)9-12/h6-7,9,19H,5,8,10H2,1-4H3. The van der Waals surface area contributed by atoms with Crippen molar-refractivity contribution in [2.24, 2.45) is 0 Å². The van der Waals surface area contributed by atoms with Crippen LogP contribution in [0.25, 0.3) is 0 Å². The molecule has 0 radical (unpaired) electrons. The van der Waals surface area contributed by atoms with Gasteiger partial charge in [0.15, 0.2) is 11.6 Å². The predicted octanol–water partition coefficient (Wildman–Crippen LogP) is 3.30. The van der Waals surface area contributed by atoms with Crippen LogP contribution in [-0.2, 0) is 18.6 Å². The molecule has 0 aliphatic heterocycles. The number of aromatic nitrogens is 3. The molecule has 2 aromatic rings. The number of hydrogen-bond donors (Lipinski definition) is 1. The van der Waals surface area contributed by atoms with Crippen LogP contribution < -0.4 is 5.32 Å². The summed E-state index contributed by atoms with van der Waals surface area (Å²) in [5, 5.41) is 11.6. The fourth-order valence-electron chi connectivity index (χ4n) is 2.36. The van der Waals surface area contributed by atoms with Gasteiger partial charge in [0.05, 0.1) is 6.54 Å². The second-order valence-electron chi connectivity index (χ2n) is 5.92. The Morgan fingerprint density at radius 3 is 2.55 bits per heavy atom. The van der Waals surface area contributed by atoms with Crippen LogP contribution in [0, 0.1) is 18.6 Å². The smallest absolute Gasteiger partial charge is 0.159 e. The molecule has 0 aliphatic rings. The number of hydrogen-bond acceptors (Lipinski definition) is 3. The summed E-state index contributed by atoms with van der Waals surface area (Å²) in [6, 6.07) is 3.97. The third-order valence-electron chi connectivity index (χ3n) is 3.79. The van der Waals surface area contributed by atoms with Crippen molar-refractivity contribution in [3.8, 4) is 0 Å². The number of nitrogens with zero attached hydrogens (tertiary/aromatic N) is 3. The number of aryl methyl sites for hydroxylation is 1. The summed E-state index contributed by atoms with van der Waals surface area (Å²) in [6.07, 6.45) is 0.998. The molecule has 4 nitrogen and oxygen atoms in total. The summed E-state index contributed by atoms with van der Waals surface area (Å²) in [5.74, 6) is 0.0505. The van der Waals surface area contributed by atoms with Crippen molar-refractivity contribution in [2.45, 2.75) is 52.7 Å². The van der Waals surface area contributed by atoms with Crippen molar-refractivity contribution < 1.29 is 8.78 Å². The van der Waals surface area contributed by atoms with E-state index in [9.17, 15) is 8.78 Å². The maximum Gasteiger partial charge on any atom is 0.159 e. The molecule has 0 spiro atoms. The zero-order valence-electron chi connectivity index (χ0n) is 13.5. The van der Waals surface area contributed by atoms with Crippen LogP contribution in [0.2, 0.25) is 0 Å². The average Bonchev–Trinajstić information content (AvgIpc) is 2.81. The number of halogens is 2. The fourth-order valence-corrected chi connectivity index (χ4v) is 2.36. The Morgan fingerprint density at radius 2 is 1.91 bits per heavy atom. The fraction of sp³-hybridized carbons (Fsp3) is 0.500. The van der Waals surface area contributed by atoms with Crippen LogP contribution in [0.4, 0.5) is 8.78 Å². The number of rotatable bonds is 6. The largest absolute Gasteiger partial charge is 0.314 e. The highest BCUT2D eigenvalue weighted by atomic mass is 19.2. The first-order chi connectivity index (χ1) is 10.3. The van der Waals surface area contributed by atoms with Gasteiger partial charge in [-0.05, 0) is 44.9 Å². The molecule has 120 valence electrons. The zero-order chi connectivity index (χ0) is 16.3. The molecule has 1 aromatic carbocycles. The lowest BCUT2D eigenvalue weighted by Gasteiger charge is -2.27. The first kappa shape index (κ1) is 16.5. The van der Waals surface area contributed by atoms with Gasteiger partial charge in [0.2, 0.25) is 0 Å². The van der Waals surface area contributed by atoms with Gasteiger partial charge in [-0.1, -0.05) is 13.0 Å². The molecule has 0 fully saturated rings. The molecule has 1 aromatic heterocycles. The molecule has 0 aliphatic carbocycles. The van der Waals surface area contributed by atoms with Gasteiger partial charge in [-0.15, -0.1) is 10.2 Å². The highest BCUT2D eigenvalue weighted by molar-refractivity contribution is 5.24. The maximum atomic E-state index is 13.4. The van der Waals surface area contributed by atoms with Gasteiger partial charge in [0.25, 0.3) is 0 Å². The SMILES string of the molecule is CCCn1c(C)nnc1CNC(C)(C)c1ccc(F)c(F)c1. The van der Waals surface area contributed by atoms with E-state index in [0.717, 1.165) is 30.7 Å². The zero-order valence-corrected chi connectivity index (χ0v) is 13.5. The lowest BCUT2D eigenvalue weighted by molar-refractivity contribution is 0.385. The van der Waals surface area contributed by atoms with Crippen LogP contribution in [0.3, 0.4) is 0 Å². The third-order valence-corrected chi connectivity index (χ3v) is 3.79. The van der Waals surface area contributed by atoms with Crippen LogP contribution in [0.5, 0.6) is 0 Å². The van der Waals surface area contributed by atoms with E-state index in [0.29, 0.717) is 12.1 Å². The number of nitrogens with one attached hydrogen (secondary N) is 1. The molecule has 0 bridgehead atoms. The molecule has 1 N–H and O–H groups in total. The molecule has 22 heavy (non-hydrogen) atoms. The molecule has 0 atom stereocenters. The molecule has 0 saturated carbocycles. The highest BCUT2D eigenvalue weighted by Crippen LogP contribution is 2.22. The van der Waals surface area contributed by atoms with E-state index >= 15 is 0 Å². The minimum Gasteiger partial charge on any atom is -0.314 e. The van der Waals surface area contributed by atoms with E-state index in [1.165, 1.54) is 6.07 Å². The van der Waals surface area contributed by atoms with Crippen LogP contribution in [0.1, 0.15) is 44.4 Å². The van der Waals surface area contributed by atoms with Crippen molar-refractivity contribution in [3.05, 3.63) is 47.0 Å². The summed E-state index contributed by atoms with van der Waals surface area (Å²) < 4.78 is 28.5. The Morgan fingerprint density at radius 1 is 1.18 bits per heavy atom. The Bertz CT molecular complexity index is 650. The van der Waals surface area contributed by atoms with Gasteiger partial charge in [-0.25, -0.2) is 8.78 Å². The van der Waals surface area contributed by atoms with Crippen molar-refractivity contribution in [1.82, 2.24) is 20.1 Å². The first-order valence-electron chi connectivity index (χ1n) is 7.44. The van der Waals surface area contributed by atoms with E-state index in [4.69, 9.17) is 0 Å². The Labute approximate surface area is 129 Å². The van der Waals surface area contributed by atoms with Crippen molar-refractivity contribution in [2.75, 3.05) is 0 Å². The van der Waals surface area contributed by atoms with E-state index in [1.807, 2.05) is 20.8 Å². The number of benzene rings is 1. The molecule has 1 heterocycles. The third kappa shape index (κ3) is 3.50. The topological polar surface area (TPSA) is 42.7 Å². The molecule has 2 rings (SSSR count). The molecule has 0 unspecified atom stereocenters. The minimum atomic E-state index is -0.836. The van der Waals surface area contributed by atoms with E-state index in [1.54, 1.807) is 6.07 Å². The summed E-state index contributed by atoms with van der Waals surface area (Å²) in [4.78, 5) is 0. The highest BCUT2D eigenvalue weighted by Gasteiger charge is 2.22. The van der Waals surface area contributed by atoms with Crippen LogP contribution >= 0.6 is 0 Å². The second kappa shape index (κ2) is 6.52. The summed E-state index contributed by atoms with van der Waals surface area (Å²) in [6.45, 7) is 9.24.